The minimum absolute atomic E-state index is 0.00316. The number of nitrogens with zero attached hydrogens (tertiary/aromatic N) is 8. The van der Waals surface area contributed by atoms with Gasteiger partial charge in [0.2, 0.25) is 0 Å². The molecule has 0 saturated carbocycles. The van der Waals surface area contributed by atoms with Crippen molar-refractivity contribution in [2.75, 3.05) is 78.7 Å². The molecule has 0 N–H and O–H groups in total. The monoisotopic (exact) mass is 1090 g/mol. The van der Waals surface area contributed by atoms with Gasteiger partial charge in [0.1, 0.15) is 23.7 Å². The van der Waals surface area contributed by atoms with Crippen LogP contribution in [0.25, 0.3) is 39.6 Å². The van der Waals surface area contributed by atoms with Gasteiger partial charge in [-0.2, -0.15) is 10.2 Å². The van der Waals surface area contributed by atoms with Crippen molar-refractivity contribution in [2.45, 2.75) is 120 Å². The highest BCUT2D eigenvalue weighted by molar-refractivity contribution is 6.31. The molecule has 2 saturated heterocycles. The maximum atomic E-state index is 14.4. The third-order valence-corrected chi connectivity index (χ3v) is 15.9. The van der Waals surface area contributed by atoms with Crippen molar-refractivity contribution in [3.05, 3.63) is 118 Å². The second-order valence-corrected chi connectivity index (χ2v) is 24.2. The number of ketones is 1. The van der Waals surface area contributed by atoms with E-state index in [2.05, 4.69) is 77.3 Å². The maximum absolute atomic E-state index is 14.4. The first-order chi connectivity index (χ1) is 38.0. The van der Waals surface area contributed by atoms with E-state index in [1.807, 2.05) is 98.0 Å². The van der Waals surface area contributed by atoms with Gasteiger partial charge >= 0.3 is 0 Å². The molecule has 2 aliphatic rings. The molecule has 2 amide bonds. The topological polar surface area (TPSA) is 117 Å². The standard InChI is InChI=1S/C65H87ClN8O5/c1-45(2)22-32-71(33-23-46(3)4)64(76)52-26-36-73-59(40-52)56(62(67-73)51-18-16-50(17-19-51)49(9)75)15-13-31-70-38-39-78-43-55(70)44-79-61-21-20-54(66)42-58(61)63-57(14-12-30-69-28-10-11-29-69)60-41-53(27-37-74(60)68-63)65(77)72(34-24-47(5)6)35-25-48(7)8/h13,15-21,26-27,36-37,40-42,45-48,55H,10-12,14,22-25,28-35,38-39,43-44H2,1-9H3. The van der Waals surface area contributed by atoms with Crippen LogP contribution in [0, 0.1) is 23.7 Å². The van der Waals surface area contributed by atoms with E-state index < -0.39 is 0 Å². The molecule has 0 bridgehead atoms. The lowest BCUT2D eigenvalue weighted by Gasteiger charge is -2.34. The summed E-state index contributed by atoms with van der Waals surface area (Å²) in [6.07, 6.45) is 16.1. The van der Waals surface area contributed by atoms with Crippen LogP contribution in [0.1, 0.15) is 149 Å². The summed E-state index contributed by atoms with van der Waals surface area (Å²) in [6, 6.07) is 21.1. The van der Waals surface area contributed by atoms with Gasteiger partial charge in [-0.3, -0.25) is 19.3 Å². The summed E-state index contributed by atoms with van der Waals surface area (Å²) in [7, 11) is 0. The molecule has 2 aromatic carbocycles. The molecule has 0 radical (unpaired) electrons. The highest BCUT2D eigenvalue weighted by Gasteiger charge is 2.27. The number of Topliss-reactive ketones (excluding diaryl/α,β-unsaturated/α-hetero) is 1. The SMILES string of the molecule is CC(=O)c1ccc(-c2nn3ccc(C(=O)N(CCC(C)C)CCC(C)C)cc3c2C=CCN2CCOCC2COc2ccc(Cl)cc2-c2nn3ccc(C(=O)N(CCC(C)C)CCC(C)C)cc3c2CCCN2CCCC2)cc1. The van der Waals surface area contributed by atoms with E-state index >= 15 is 0 Å². The van der Waals surface area contributed by atoms with Crippen LogP contribution in [0.3, 0.4) is 0 Å². The molecule has 6 aromatic rings. The number of hydrogen-bond donors (Lipinski definition) is 0. The Balaban J connectivity index is 1.07. The fraction of sp³-hybridized carbons (Fsp3) is 0.523. The fourth-order valence-corrected chi connectivity index (χ4v) is 10.8. The number of ether oxygens (including phenoxy) is 2. The Morgan fingerprint density at radius 2 is 1.28 bits per heavy atom. The first-order valence-corrected chi connectivity index (χ1v) is 29.8. The summed E-state index contributed by atoms with van der Waals surface area (Å²) in [5.74, 6) is 2.73. The predicted octanol–water partition coefficient (Wildman–Crippen LogP) is 13.1. The summed E-state index contributed by atoms with van der Waals surface area (Å²) in [4.78, 5) is 49.9. The zero-order valence-electron chi connectivity index (χ0n) is 48.7. The molecule has 13 nitrogen and oxygen atoms in total. The second kappa shape index (κ2) is 28.0. The van der Waals surface area contributed by atoms with E-state index in [9.17, 15) is 14.4 Å². The van der Waals surface area contributed by atoms with Gasteiger partial charge in [-0.25, -0.2) is 9.03 Å². The third-order valence-electron chi connectivity index (χ3n) is 15.7. The molecular weight excluding hydrogens is 1010 g/mol. The van der Waals surface area contributed by atoms with Crippen LogP contribution in [0.5, 0.6) is 5.75 Å². The molecule has 79 heavy (non-hydrogen) atoms. The Morgan fingerprint density at radius 1 is 0.709 bits per heavy atom. The molecule has 4 aromatic heterocycles. The van der Waals surface area contributed by atoms with Crippen LogP contribution >= 0.6 is 11.6 Å². The number of hydrogen-bond acceptors (Lipinski definition) is 9. The molecule has 8 rings (SSSR count). The summed E-state index contributed by atoms with van der Waals surface area (Å²) < 4.78 is 16.8. The van der Waals surface area contributed by atoms with Crippen molar-refractivity contribution >= 4 is 46.3 Å². The van der Waals surface area contributed by atoms with Crippen molar-refractivity contribution in [3.63, 3.8) is 0 Å². The number of aromatic nitrogens is 4. The van der Waals surface area contributed by atoms with E-state index in [0.717, 1.165) is 116 Å². The number of carbonyl (C=O) groups excluding carboxylic acids is 3. The Kier molecular flexibility index (Phi) is 21.0. The van der Waals surface area contributed by atoms with Crippen LogP contribution in [0.4, 0.5) is 0 Å². The molecular formula is C65H87ClN8O5. The lowest BCUT2D eigenvalue weighted by molar-refractivity contribution is -0.0178. The number of fused-ring (bicyclic) bond motifs is 2. The number of amides is 2. The molecule has 6 heterocycles. The predicted molar refractivity (Wildman–Crippen MR) is 321 cm³/mol. The normalized spacial score (nSPS) is 15.5. The number of pyridine rings is 2. The zero-order valence-corrected chi connectivity index (χ0v) is 49.4. The minimum atomic E-state index is -0.0692. The van der Waals surface area contributed by atoms with Crippen LogP contribution < -0.4 is 4.74 Å². The molecule has 14 heteroatoms. The van der Waals surface area contributed by atoms with Crippen molar-refractivity contribution < 1.29 is 23.9 Å². The quantitative estimate of drug-likeness (QED) is 0.0465. The van der Waals surface area contributed by atoms with Crippen molar-refractivity contribution in [2.24, 2.45) is 23.7 Å². The maximum Gasteiger partial charge on any atom is 0.253 e. The third kappa shape index (κ3) is 15.7. The fourth-order valence-electron chi connectivity index (χ4n) is 10.7. The minimum Gasteiger partial charge on any atom is -0.491 e. The van der Waals surface area contributed by atoms with Crippen LogP contribution in [0.15, 0.2) is 85.2 Å². The summed E-state index contributed by atoms with van der Waals surface area (Å²) in [6.45, 7) is 28.1. The van der Waals surface area contributed by atoms with Crippen molar-refractivity contribution in [1.29, 1.82) is 0 Å². The number of aryl methyl sites for hydroxylation is 1. The second-order valence-electron chi connectivity index (χ2n) is 23.8. The molecule has 424 valence electrons. The largest absolute Gasteiger partial charge is 0.491 e. The van der Waals surface area contributed by atoms with Crippen LogP contribution in [0.2, 0.25) is 5.02 Å². The van der Waals surface area contributed by atoms with Gasteiger partial charge in [-0.1, -0.05) is 103 Å². The lowest BCUT2D eigenvalue weighted by atomic mass is 10.0. The number of rotatable bonds is 27. The van der Waals surface area contributed by atoms with E-state index in [-0.39, 0.29) is 23.6 Å². The van der Waals surface area contributed by atoms with Crippen LogP contribution in [-0.2, 0) is 11.2 Å². The van der Waals surface area contributed by atoms with Gasteiger partial charge in [0.05, 0.1) is 30.3 Å². The molecule has 0 aliphatic carbocycles. The summed E-state index contributed by atoms with van der Waals surface area (Å²) in [5, 5.41) is 10.9. The zero-order chi connectivity index (χ0) is 56.2. The number of benzene rings is 2. The Labute approximate surface area is 475 Å². The van der Waals surface area contributed by atoms with E-state index in [1.54, 1.807) is 6.92 Å². The van der Waals surface area contributed by atoms with E-state index in [0.29, 0.717) is 97.1 Å². The first-order valence-electron chi connectivity index (χ1n) is 29.4. The average Bonchev–Trinajstić information content (AvgIpc) is 4.21. The molecule has 1 unspecified atom stereocenters. The van der Waals surface area contributed by atoms with Gasteiger partial charge in [0.25, 0.3) is 11.8 Å². The molecule has 2 aliphatic heterocycles. The average molecular weight is 1100 g/mol. The highest BCUT2D eigenvalue weighted by atomic mass is 35.5. The lowest BCUT2D eigenvalue weighted by Crippen LogP contribution is -2.48. The number of halogens is 1. The van der Waals surface area contributed by atoms with Gasteiger partial charge in [0, 0.05) is 95.6 Å². The Bertz CT molecular complexity index is 3000. The van der Waals surface area contributed by atoms with Gasteiger partial charge in [0.15, 0.2) is 5.78 Å². The van der Waals surface area contributed by atoms with Gasteiger partial charge < -0.3 is 24.2 Å². The number of morpholine rings is 1. The Morgan fingerprint density at radius 3 is 1.86 bits per heavy atom. The van der Waals surface area contributed by atoms with Crippen LogP contribution in [-0.4, -0.2) is 141 Å². The molecule has 1 atom stereocenters. The van der Waals surface area contributed by atoms with Gasteiger partial charge in [-0.05, 0) is 144 Å². The van der Waals surface area contributed by atoms with Gasteiger partial charge in [-0.15, -0.1) is 0 Å². The highest BCUT2D eigenvalue weighted by Crippen LogP contribution is 2.37. The van der Waals surface area contributed by atoms with Crippen molar-refractivity contribution in [1.82, 2.24) is 38.8 Å². The number of likely N-dealkylation sites (tertiary alicyclic amines) is 1. The Hall–Kier alpha value is -5.86. The molecule has 2 fully saturated rings. The number of carbonyl (C=O) groups is 3. The first kappa shape index (κ1) is 59.3. The summed E-state index contributed by atoms with van der Waals surface area (Å²) >= 11 is 6.85. The van der Waals surface area contributed by atoms with E-state index in [1.165, 1.54) is 12.8 Å². The molecule has 0 spiro atoms. The van der Waals surface area contributed by atoms with E-state index in [4.69, 9.17) is 31.3 Å². The smallest absolute Gasteiger partial charge is 0.253 e. The summed E-state index contributed by atoms with van der Waals surface area (Å²) in [5.41, 5.74) is 8.94. The van der Waals surface area contributed by atoms with Crippen molar-refractivity contribution in [3.8, 4) is 28.3 Å².